The maximum absolute atomic E-state index is 12.3. The number of nitrogens with one attached hydrogen (secondary N) is 1. The molecule has 0 bridgehead atoms. The fourth-order valence-electron chi connectivity index (χ4n) is 2.76. The maximum atomic E-state index is 12.3. The van der Waals surface area contributed by atoms with E-state index >= 15 is 0 Å². The van der Waals surface area contributed by atoms with Crippen LogP contribution in [0.15, 0.2) is 48.8 Å². The van der Waals surface area contributed by atoms with Crippen LogP contribution in [0.25, 0.3) is 0 Å². The molecule has 1 aliphatic rings. The van der Waals surface area contributed by atoms with Crippen LogP contribution in [0.5, 0.6) is 5.75 Å². The topological polar surface area (TPSA) is 51.2 Å². The molecule has 22 heavy (non-hydrogen) atoms. The smallest absolute Gasteiger partial charge is 0.221 e. The molecule has 4 heteroatoms. The lowest BCUT2D eigenvalue weighted by atomic mass is 10.0. The van der Waals surface area contributed by atoms with E-state index in [0.29, 0.717) is 6.42 Å². The zero-order valence-corrected chi connectivity index (χ0v) is 12.7. The van der Waals surface area contributed by atoms with Crippen molar-refractivity contribution < 1.29 is 9.53 Å². The van der Waals surface area contributed by atoms with Crippen molar-refractivity contribution in [3.05, 3.63) is 59.9 Å². The normalized spacial score (nSPS) is 15.1. The molecule has 0 saturated heterocycles. The van der Waals surface area contributed by atoms with Crippen molar-refractivity contribution in [2.75, 3.05) is 7.11 Å². The first kappa shape index (κ1) is 14.6. The molecule has 1 heterocycles. The van der Waals surface area contributed by atoms with Gasteiger partial charge in [0, 0.05) is 24.4 Å². The second-order valence-electron chi connectivity index (χ2n) is 5.69. The van der Waals surface area contributed by atoms with E-state index in [9.17, 15) is 4.79 Å². The highest BCUT2D eigenvalue weighted by atomic mass is 16.5. The molecule has 1 N–H and O–H groups in total. The second kappa shape index (κ2) is 6.18. The molecule has 2 aromatic rings. The van der Waals surface area contributed by atoms with Gasteiger partial charge in [0.15, 0.2) is 0 Å². The Hall–Kier alpha value is -2.36. The fraction of sp³-hybridized carbons (Fsp3) is 0.333. The largest absolute Gasteiger partial charge is 0.496 e. The van der Waals surface area contributed by atoms with E-state index in [1.165, 1.54) is 0 Å². The number of aromatic nitrogens is 1. The number of nitrogens with zero attached hydrogens (tertiary/aromatic N) is 1. The lowest BCUT2D eigenvalue weighted by Gasteiger charge is -2.20. The summed E-state index contributed by atoms with van der Waals surface area (Å²) in [5.41, 5.74) is 1.98. The first-order valence-electron chi connectivity index (χ1n) is 7.57. The van der Waals surface area contributed by atoms with Gasteiger partial charge < -0.3 is 10.1 Å². The van der Waals surface area contributed by atoms with Gasteiger partial charge in [-0.2, -0.15) is 0 Å². The van der Waals surface area contributed by atoms with Crippen LogP contribution in [0.2, 0.25) is 0 Å². The Balaban J connectivity index is 1.63. The van der Waals surface area contributed by atoms with Crippen LogP contribution >= 0.6 is 0 Å². The summed E-state index contributed by atoms with van der Waals surface area (Å²) >= 11 is 0. The highest BCUT2D eigenvalue weighted by Gasteiger charge is 2.47. The SMILES string of the molecule is COc1ccccc1C1(NC(=O)CCc2ccncc2)CC1. The first-order valence-corrected chi connectivity index (χ1v) is 7.57. The molecule has 1 amide bonds. The van der Waals surface area contributed by atoms with Crippen LogP contribution < -0.4 is 10.1 Å². The predicted molar refractivity (Wildman–Crippen MR) is 84.6 cm³/mol. The Morgan fingerprint density at radius 1 is 1.23 bits per heavy atom. The van der Waals surface area contributed by atoms with Crippen molar-refractivity contribution in [2.45, 2.75) is 31.2 Å². The molecule has 0 unspecified atom stereocenters. The van der Waals surface area contributed by atoms with Gasteiger partial charge in [-0.1, -0.05) is 18.2 Å². The maximum Gasteiger partial charge on any atom is 0.221 e. The van der Waals surface area contributed by atoms with Gasteiger partial charge in [-0.3, -0.25) is 9.78 Å². The van der Waals surface area contributed by atoms with Gasteiger partial charge >= 0.3 is 0 Å². The lowest BCUT2D eigenvalue weighted by Crippen LogP contribution is -2.35. The third-order valence-corrected chi connectivity index (χ3v) is 4.14. The average molecular weight is 296 g/mol. The predicted octanol–water partition coefficient (Wildman–Crippen LogP) is 2.83. The number of amides is 1. The van der Waals surface area contributed by atoms with E-state index in [1.54, 1.807) is 19.5 Å². The Labute approximate surface area is 130 Å². The summed E-state index contributed by atoms with van der Waals surface area (Å²) in [6.45, 7) is 0. The van der Waals surface area contributed by atoms with Crippen molar-refractivity contribution in [2.24, 2.45) is 0 Å². The lowest BCUT2D eigenvalue weighted by molar-refractivity contribution is -0.122. The van der Waals surface area contributed by atoms with Gasteiger partial charge in [0.05, 0.1) is 12.6 Å². The van der Waals surface area contributed by atoms with Crippen LogP contribution in [-0.2, 0) is 16.8 Å². The van der Waals surface area contributed by atoms with Gasteiger partial charge in [0.25, 0.3) is 0 Å². The minimum atomic E-state index is -0.234. The van der Waals surface area contributed by atoms with E-state index in [-0.39, 0.29) is 11.4 Å². The van der Waals surface area contributed by atoms with Gasteiger partial charge in [-0.25, -0.2) is 0 Å². The van der Waals surface area contributed by atoms with Crippen molar-refractivity contribution in [3.63, 3.8) is 0 Å². The zero-order chi connectivity index (χ0) is 15.4. The Morgan fingerprint density at radius 3 is 2.64 bits per heavy atom. The molecular weight excluding hydrogens is 276 g/mol. The van der Waals surface area contributed by atoms with E-state index < -0.39 is 0 Å². The van der Waals surface area contributed by atoms with E-state index in [1.807, 2.05) is 36.4 Å². The fourth-order valence-corrected chi connectivity index (χ4v) is 2.76. The standard InChI is InChI=1S/C18H20N2O2/c1-22-16-5-3-2-4-15(16)18(10-11-18)20-17(21)7-6-14-8-12-19-13-9-14/h2-5,8-9,12-13H,6-7,10-11H2,1H3,(H,20,21). The van der Waals surface area contributed by atoms with Gasteiger partial charge in [0.2, 0.25) is 5.91 Å². The van der Waals surface area contributed by atoms with Crippen molar-refractivity contribution >= 4 is 5.91 Å². The molecule has 1 fully saturated rings. The van der Waals surface area contributed by atoms with Crippen LogP contribution in [-0.4, -0.2) is 18.0 Å². The summed E-state index contributed by atoms with van der Waals surface area (Å²) in [5, 5.41) is 3.19. The number of aryl methyl sites for hydroxylation is 1. The number of hydrogen-bond donors (Lipinski definition) is 1. The Kier molecular flexibility index (Phi) is 4.09. The van der Waals surface area contributed by atoms with Crippen LogP contribution in [0, 0.1) is 0 Å². The highest BCUT2D eigenvalue weighted by molar-refractivity contribution is 5.78. The van der Waals surface area contributed by atoms with Crippen LogP contribution in [0.4, 0.5) is 0 Å². The molecule has 4 nitrogen and oxygen atoms in total. The molecule has 0 atom stereocenters. The molecule has 1 saturated carbocycles. The number of para-hydroxylation sites is 1. The number of carbonyl (C=O) groups is 1. The van der Waals surface area contributed by atoms with Gasteiger partial charge in [-0.05, 0) is 43.0 Å². The molecule has 0 spiro atoms. The molecular formula is C18H20N2O2. The molecule has 114 valence electrons. The molecule has 0 radical (unpaired) electrons. The zero-order valence-electron chi connectivity index (χ0n) is 12.7. The second-order valence-corrected chi connectivity index (χ2v) is 5.69. The molecule has 1 aromatic carbocycles. The first-order chi connectivity index (χ1) is 10.7. The van der Waals surface area contributed by atoms with Crippen molar-refractivity contribution in [3.8, 4) is 5.75 Å². The number of carbonyl (C=O) groups excluding carboxylic acids is 1. The Morgan fingerprint density at radius 2 is 1.95 bits per heavy atom. The summed E-state index contributed by atoms with van der Waals surface area (Å²) < 4.78 is 5.42. The third-order valence-electron chi connectivity index (χ3n) is 4.14. The van der Waals surface area contributed by atoms with E-state index in [0.717, 1.165) is 36.1 Å². The number of benzene rings is 1. The van der Waals surface area contributed by atoms with E-state index in [4.69, 9.17) is 4.74 Å². The number of pyridine rings is 1. The van der Waals surface area contributed by atoms with Crippen molar-refractivity contribution in [1.29, 1.82) is 0 Å². The molecule has 1 aromatic heterocycles. The molecule has 1 aliphatic carbocycles. The minimum Gasteiger partial charge on any atom is -0.496 e. The van der Waals surface area contributed by atoms with Crippen LogP contribution in [0.3, 0.4) is 0 Å². The number of methoxy groups -OCH3 is 1. The summed E-state index contributed by atoms with van der Waals surface area (Å²) in [6.07, 6.45) is 6.66. The summed E-state index contributed by atoms with van der Waals surface area (Å²) in [6, 6.07) is 11.8. The minimum absolute atomic E-state index is 0.0835. The molecule has 0 aliphatic heterocycles. The number of ether oxygens (including phenoxy) is 1. The Bertz CT molecular complexity index is 651. The van der Waals surface area contributed by atoms with Gasteiger partial charge in [0.1, 0.15) is 5.75 Å². The van der Waals surface area contributed by atoms with E-state index in [2.05, 4.69) is 10.3 Å². The number of hydrogen-bond acceptors (Lipinski definition) is 3. The number of rotatable bonds is 6. The average Bonchev–Trinajstić information content (AvgIpc) is 3.34. The summed E-state index contributed by atoms with van der Waals surface area (Å²) in [5.74, 6) is 0.926. The highest BCUT2D eigenvalue weighted by Crippen LogP contribution is 2.48. The molecule has 3 rings (SSSR count). The third kappa shape index (κ3) is 3.11. The van der Waals surface area contributed by atoms with Gasteiger partial charge in [-0.15, -0.1) is 0 Å². The quantitative estimate of drug-likeness (QED) is 0.892. The van der Waals surface area contributed by atoms with Crippen molar-refractivity contribution in [1.82, 2.24) is 10.3 Å². The summed E-state index contributed by atoms with van der Waals surface area (Å²) in [4.78, 5) is 16.3. The van der Waals surface area contributed by atoms with Crippen LogP contribution in [0.1, 0.15) is 30.4 Å². The summed E-state index contributed by atoms with van der Waals surface area (Å²) in [7, 11) is 1.67. The monoisotopic (exact) mass is 296 g/mol.